The van der Waals surface area contributed by atoms with E-state index in [0.717, 1.165) is 0 Å². The summed E-state index contributed by atoms with van der Waals surface area (Å²) in [5, 5.41) is 2.48. The van der Waals surface area contributed by atoms with Crippen molar-refractivity contribution in [1.82, 2.24) is 5.32 Å². The summed E-state index contributed by atoms with van der Waals surface area (Å²) < 4.78 is 20.0. The first-order valence-electron chi connectivity index (χ1n) is 8.31. The minimum atomic E-state index is -0.619. The zero-order valence-corrected chi connectivity index (χ0v) is 15.8. The van der Waals surface area contributed by atoms with Crippen LogP contribution in [0.2, 0.25) is 0 Å². The molecule has 0 saturated carbocycles. The molecule has 0 aliphatic carbocycles. The van der Waals surface area contributed by atoms with Crippen LogP contribution in [0.5, 0.6) is 11.5 Å². The van der Waals surface area contributed by atoms with Gasteiger partial charge in [-0.25, -0.2) is 4.79 Å². The van der Waals surface area contributed by atoms with E-state index >= 15 is 0 Å². The molecule has 0 bridgehead atoms. The molecule has 8 nitrogen and oxygen atoms in total. The number of rotatable bonds is 8. The molecular formula is C20H21NO7. The maximum Gasteiger partial charge on any atom is 0.337 e. The molecule has 2 rings (SSSR count). The Morgan fingerprint density at radius 3 is 2.18 bits per heavy atom. The number of nitrogens with one attached hydrogen (secondary N) is 1. The Hall–Kier alpha value is -3.55. The molecule has 148 valence electrons. The Bertz CT molecular complexity index is 841. The minimum Gasteiger partial charge on any atom is -0.497 e. The summed E-state index contributed by atoms with van der Waals surface area (Å²) >= 11 is 0. The minimum absolute atomic E-state index is 0.0352. The second-order valence-corrected chi connectivity index (χ2v) is 5.64. The molecule has 0 atom stereocenters. The lowest BCUT2D eigenvalue weighted by Crippen LogP contribution is -2.30. The van der Waals surface area contributed by atoms with Crippen molar-refractivity contribution in [2.45, 2.75) is 6.61 Å². The number of methoxy groups -OCH3 is 3. The molecule has 0 aliphatic heterocycles. The SMILES string of the molecule is COC(=O)c1cccc(COC(=O)CNC(=O)c2cc(OC)cc(OC)c2)c1. The number of ether oxygens (including phenoxy) is 4. The third kappa shape index (κ3) is 5.73. The van der Waals surface area contributed by atoms with Crippen LogP contribution in [0, 0.1) is 0 Å². The molecule has 0 fully saturated rings. The van der Waals surface area contributed by atoms with Gasteiger partial charge in [0, 0.05) is 11.6 Å². The number of hydrogen-bond donors (Lipinski definition) is 1. The van der Waals surface area contributed by atoms with Gasteiger partial charge in [-0.15, -0.1) is 0 Å². The van der Waals surface area contributed by atoms with Crippen LogP contribution in [0.15, 0.2) is 42.5 Å². The summed E-state index contributed by atoms with van der Waals surface area (Å²) in [6, 6.07) is 11.2. The van der Waals surface area contributed by atoms with Crippen molar-refractivity contribution in [3.63, 3.8) is 0 Å². The first-order chi connectivity index (χ1) is 13.5. The second-order valence-electron chi connectivity index (χ2n) is 5.64. The van der Waals surface area contributed by atoms with Gasteiger partial charge in [-0.1, -0.05) is 12.1 Å². The molecule has 8 heteroatoms. The number of hydrogen-bond acceptors (Lipinski definition) is 7. The molecule has 1 amide bonds. The molecule has 0 spiro atoms. The average molecular weight is 387 g/mol. The summed E-state index contributed by atoms with van der Waals surface area (Å²) in [6.07, 6.45) is 0. The van der Waals surface area contributed by atoms with Crippen molar-refractivity contribution in [2.75, 3.05) is 27.9 Å². The number of carbonyl (C=O) groups is 3. The Balaban J connectivity index is 1.89. The lowest BCUT2D eigenvalue weighted by atomic mass is 10.1. The monoisotopic (exact) mass is 387 g/mol. The molecular weight excluding hydrogens is 366 g/mol. The standard InChI is InChI=1S/C20H21NO7/c1-25-16-8-15(9-17(10-16)26-2)19(23)21-11-18(22)28-12-13-5-4-6-14(7-13)20(24)27-3/h4-10H,11-12H2,1-3H3,(H,21,23). The molecule has 0 unspecified atom stereocenters. The molecule has 1 N–H and O–H groups in total. The van der Waals surface area contributed by atoms with Crippen molar-refractivity contribution in [1.29, 1.82) is 0 Å². The quantitative estimate of drug-likeness (QED) is 0.691. The smallest absolute Gasteiger partial charge is 0.337 e. The third-order valence-electron chi connectivity index (χ3n) is 3.75. The summed E-state index contributed by atoms with van der Waals surface area (Å²) in [7, 11) is 4.24. The fourth-order valence-electron chi connectivity index (χ4n) is 2.31. The molecule has 0 aliphatic rings. The summed E-state index contributed by atoms with van der Waals surface area (Å²) in [6.45, 7) is -0.346. The van der Waals surface area contributed by atoms with Gasteiger partial charge in [-0.05, 0) is 29.8 Å². The Morgan fingerprint density at radius 2 is 1.57 bits per heavy atom. The van der Waals surface area contributed by atoms with Crippen LogP contribution in [0.1, 0.15) is 26.3 Å². The van der Waals surface area contributed by atoms with E-state index in [4.69, 9.17) is 14.2 Å². The number of amides is 1. The van der Waals surface area contributed by atoms with Crippen molar-refractivity contribution in [2.24, 2.45) is 0 Å². The van der Waals surface area contributed by atoms with Crippen molar-refractivity contribution in [3.05, 3.63) is 59.2 Å². The van der Waals surface area contributed by atoms with Gasteiger partial charge in [0.1, 0.15) is 24.7 Å². The number of esters is 2. The average Bonchev–Trinajstić information content (AvgIpc) is 2.74. The van der Waals surface area contributed by atoms with E-state index in [9.17, 15) is 14.4 Å². The summed E-state index contributed by atoms with van der Waals surface area (Å²) in [5.41, 5.74) is 1.27. The van der Waals surface area contributed by atoms with E-state index in [1.807, 2.05) is 0 Å². The fraction of sp³-hybridized carbons (Fsp3) is 0.250. The highest BCUT2D eigenvalue weighted by Crippen LogP contribution is 2.22. The maximum atomic E-state index is 12.2. The zero-order chi connectivity index (χ0) is 20.5. The second kappa shape index (κ2) is 9.96. The third-order valence-corrected chi connectivity index (χ3v) is 3.75. The first kappa shape index (κ1) is 20.8. The summed E-state index contributed by atoms with van der Waals surface area (Å²) in [5.74, 6) is -0.655. The first-order valence-corrected chi connectivity index (χ1v) is 8.31. The van der Waals surface area contributed by atoms with Crippen LogP contribution < -0.4 is 14.8 Å². The molecule has 28 heavy (non-hydrogen) atoms. The lowest BCUT2D eigenvalue weighted by molar-refractivity contribution is -0.143. The molecule has 2 aromatic carbocycles. The molecule has 0 radical (unpaired) electrons. The molecule has 2 aromatic rings. The Labute approximate surface area is 162 Å². The van der Waals surface area contributed by atoms with E-state index in [1.54, 1.807) is 30.3 Å². The molecule has 0 aromatic heterocycles. The molecule has 0 heterocycles. The van der Waals surface area contributed by atoms with Gasteiger partial charge in [-0.2, -0.15) is 0 Å². The Kier molecular flexibility index (Phi) is 7.38. The van der Waals surface area contributed by atoms with Gasteiger partial charge < -0.3 is 24.3 Å². The van der Waals surface area contributed by atoms with Crippen LogP contribution in [-0.2, 0) is 20.9 Å². The van der Waals surface area contributed by atoms with Crippen LogP contribution in [0.3, 0.4) is 0 Å². The van der Waals surface area contributed by atoms with Crippen LogP contribution in [0.25, 0.3) is 0 Å². The largest absolute Gasteiger partial charge is 0.497 e. The topological polar surface area (TPSA) is 100 Å². The highest BCUT2D eigenvalue weighted by atomic mass is 16.5. The van der Waals surface area contributed by atoms with E-state index in [0.29, 0.717) is 22.6 Å². The highest BCUT2D eigenvalue weighted by molar-refractivity contribution is 5.96. The van der Waals surface area contributed by atoms with Gasteiger partial charge in [0.05, 0.1) is 26.9 Å². The number of benzene rings is 2. The number of carbonyl (C=O) groups excluding carboxylic acids is 3. The van der Waals surface area contributed by atoms with E-state index in [2.05, 4.69) is 10.1 Å². The zero-order valence-electron chi connectivity index (χ0n) is 15.8. The van der Waals surface area contributed by atoms with Gasteiger partial charge >= 0.3 is 11.9 Å². The van der Waals surface area contributed by atoms with Gasteiger partial charge in [0.2, 0.25) is 0 Å². The van der Waals surface area contributed by atoms with E-state index in [1.165, 1.54) is 33.5 Å². The predicted molar refractivity (Wildman–Crippen MR) is 99.5 cm³/mol. The molecule has 0 saturated heterocycles. The van der Waals surface area contributed by atoms with E-state index < -0.39 is 17.8 Å². The highest BCUT2D eigenvalue weighted by Gasteiger charge is 2.12. The van der Waals surface area contributed by atoms with Crippen molar-refractivity contribution < 1.29 is 33.3 Å². The lowest BCUT2D eigenvalue weighted by Gasteiger charge is -2.10. The van der Waals surface area contributed by atoms with Gasteiger partial charge in [0.15, 0.2) is 0 Å². The fourth-order valence-corrected chi connectivity index (χ4v) is 2.31. The Morgan fingerprint density at radius 1 is 0.893 bits per heavy atom. The van der Waals surface area contributed by atoms with Crippen LogP contribution in [-0.4, -0.2) is 45.7 Å². The van der Waals surface area contributed by atoms with Crippen LogP contribution in [0.4, 0.5) is 0 Å². The van der Waals surface area contributed by atoms with Crippen molar-refractivity contribution >= 4 is 17.8 Å². The van der Waals surface area contributed by atoms with E-state index in [-0.39, 0.29) is 18.7 Å². The van der Waals surface area contributed by atoms with Gasteiger partial charge in [-0.3, -0.25) is 9.59 Å². The normalized spacial score (nSPS) is 9.96. The van der Waals surface area contributed by atoms with Crippen molar-refractivity contribution in [3.8, 4) is 11.5 Å². The maximum absolute atomic E-state index is 12.2. The predicted octanol–water partition coefficient (Wildman–Crippen LogP) is 1.96. The van der Waals surface area contributed by atoms with Crippen LogP contribution >= 0.6 is 0 Å². The summed E-state index contributed by atoms with van der Waals surface area (Å²) in [4.78, 5) is 35.6. The van der Waals surface area contributed by atoms with Gasteiger partial charge in [0.25, 0.3) is 5.91 Å².